The maximum Gasteiger partial charge on any atom is 0.338 e. The number of hydrogen-bond donors (Lipinski definition) is 1. The summed E-state index contributed by atoms with van der Waals surface area (Å²) >= 11 is 1.15. The van der Waals surface area contributed by atoms with E-state index in [1.54, 1.807) is 62.4 Å². The molecule has 1 unspecified atom stereocenters. The molecule has 41 heavy (non-hydrogen) atoms. The van der Waals surface area contributed by atoms with Crippen LogP contribution in [0.2, 0.25) is 0 Å². The van der Waals surface area contributed by atoms with Gasteiger partial charge in [-0.1, -0.05) is 23.5 Å². The van der Waals surface area contributed by atoms with Gasteiger partial charge in [0.15, 0.2) is 4.80 Å². The summed E-state index contributed by atoms with van der Waals surface area (Å²) in [5.41, 5.74) is 1.46. The Hall–Kier alpha value is -4.97. The molecule has 0 fully saturated rings. The summed E-state index contributed by atoms with van der Waals surface area (Å²) in [5, 5.41) is 9.22. The average molecular weight is 577 g/mol. The number of aromatic nitrogens is 1. The lowest BCUT2D eigenvalue weighted by Crippen LogP contribution is -2.40. The number of hydrogen-bond acceptors (Lipinski definition) is 9. The predicted molar refractivity (Wildman–Crippen MR) is 149 cm³/mol. The first-order chi connectivity index (χ1) is 19.7. The van der Waals surface area contributed by atoms with Gasteiger partial charge < -0.3 is 18.6 Å². The summed E-state index contributed by atoms with van der Waals surface area (Å²) in [7, 11) is 3.04. The van der Waals surface area contributed by atoms with Gasteiger partial charge in [-0.05, 0) is 38.1 Å². The maximum absolute atomic E-state index is 13.9. The topological polar surface area (TPSA) is 133 Å². The molecule has 1 N–H and O–H groups in total. The quantitative estimate of drug-likeness (QED) is 0.247. The van der Waals surface area contributed by atoms with Crippen LogP contribution in [-0.4, -0.2) is 41.5 Å². The van der Waals surface area contributed by atoms with Gasteiger partial charge in [0.1, 0.15) is 29.1 Å². The van der Waals surface area contributed by atoms with Crippen molar-refractivity contribution < 1.29 is 33.6 Å². The third-order valence-corrected chi connectivity index (χ3v) is 7.49. The lowest BCUT2D eigenvalue weighted by molar-refractivity contribution is -0.729. The monoisotopic (exact) mass is 576 g/mol. The third kappa shape index (κ3) is 5.16. The third-order valence-electron chi connectivity index (χ3n) is 6.50. The number of thiazole rings is 1. The number of allylic oxidation sites excluding steroid dienone is 1. The van der Waals surface area contributed by atoms with Crippen molar-refractivity contribution in [2.45, 2.75) is 19.9 Å². The Bertz CT molecular complexity index is 1880. The van der Waals surface area contributed by atoms with Gasteiger partial charge in [0.2, 0.25) is 0 Å². The molecule has 4 aromatic rings. The summed E-state index contributed by atoms with van der Waals surface area (Å²) in [6.45, 7) is 3.57. The lowest BCUT2D eigenvalue weighted by Gasteiger charge is -2.26. The molecular weight excluding hydrogens is 550 g/mol. The molecule has 2 aromatic carbocycles. The summed E-state index contributed by atoms with van der Waals surface area (Å²) in [6.07, 6.45) is 1.59. The van der Waals surface area contributed by atoms with Crippen molar-refractivity contribution >= 4 is 29.1 Å². The summed E-state index contributed by atoms with van der Waals surface area (Å²) in [4.78, 5) is 43.1. The van der Waals surface area contributed by atoms with Crippen molar-refractivity contribution in [3.8, 4) is 22.8 Å². The molecule has 0 amide bonds. The Morgan fingerprint density at radius 1 is 1.17 bits per heavy atom. The summed E-state index contributed by atoms with van der Waals surface area (Å²) in [5.74, 6) is 1.23. The molecule has 1 aliphatic rings. The fraction of sp³-hybridized carbons (Fsp3) is 0.207. The second kappa shape index (κ2) is 11.3. The minimum absolute atomic E-state index is 0.0514. The van der Waals surface area contributed by atoms with Crippen molar-refractivity contribution in [2.24, 2.45) is 4.99 Å². The molecule has 1 aliphatic heterocycles. The normalized spacial score (nSPS) is 14.8. The fourth-order valence-corrected chi connectivity index (χ4v) is 5.65. The van der Waals surface area contributed by atoms with E-state index in [0.717, 1.165) is 11.3 Å². The van der Waals surface area contributed by atoms with Crippen LogP contribution in [0.5, 0.6) is 11.5 Å². The summed E-state index contributed by atoms with van der Waals surface area (Å²) < 4.78 is 24.0. The van der Waals surface area contributed by atoms with Crippen molar-refractivity contribution in [1.29, 1.82) is 0 Å². The largest absolute Gasteiger partial charge is 0.497 e. The molecule has 0 radical (unpaired) electrons. The van der Waals surface area contributed by atoms with E-state index in [2.05, 4.69) is 4.99 Å². The number of carbonyl (C=O) groups excluding carboxylic acids is 1. The molecule has 11 nitrogen and oxygen atoms in total. The molecule has 0 spiro atoms. The Kier molecular flexibility index (Phi) is 7.58. The van der Waals surface area contributed by atoms with E-state index in [1.165, 1.54) is 30.9 Å². The van der Waals surface area contributed by atoms with E-state index >= 15 is 0 Å². The smallest absolute Gasteiger partial charge is 0.338 e. The molecule has 12 heteroatoms. The highest BCUT2D eigenvalue weighted by Gasteiger charge is 2.35. The van der Waals surface area contributed by atoms with Crippen molar-refractivity contribution in [3.63, 3.8) is 0 Å². The van der Waals surface area contributed by atoms with Gasteiger partial charge in [-0.25, -0.2) is 15.0 Å². The number of ether oxygens (including phenoxy) is 3. The number of benzene rings is 2. The van der Waals surface area contributed by atoms with Crippen LogP contribution in [-0.2, 0) is 9.53 Å². The van der Waals surface area contributed by atoms with E-state index in [-0.39, 0.29) is 28.3 Å². The number of methoxy groups -OCH3 is 2. The lowest BCUT2D eigenvalue weighted by atomic mass is 9.95. The molecular formula is C29H26N3O8S+. The van der Waals surface area contributed by atoms with Crippen LogP contribution in [0.25, 0.3) is 17.4 Å². The molecule has 210 valence electrons. The zero-order valence-corrected chi connectivity index (χ0v) is 23.4. The number of furan rings is 1. The predicted octanol–water partition coefficient (Wildman–Crippen LogP) is 3.88. The first-order valence-electron chi connectivity index (χ1n) is 12.5. The standard InChI is InChI=1S/C29H26N3O8S/c1-5-39-28(34)25-16(2)30-29-31(26(25)21-11-9-19(37-3)14-23(21)38-4)27(33)24(41-29)15-20-10-12-22(40-20)17-7-6-8-18(13-17)32(35)36/h6-15,26H,5H2,1-4H3,(H,35,36)/q+1/b24-15-. The Morgan fingerprint density at radius 3 is 2.68 bits per heavy atom. The second-order valence-corrected chi connectivity index (χ2v) is 9.94. The highest BCUT2D eigenvalue weighted by atomic mass is 32.1. The Balaban J connectivity index is 1.65. The first kappa shape index (κ1) is 27.6. The molecule has 5 rings (SSSR count). The zero-order chi connectivity index (χ0) is 29.3. The van der Waals surface area contributed by atoms with Gasteiger partial charge in [-0.15, -0.1) is 0 Å². The summed E-state index contributed by atoms with van der Waals surface area (Å²) in [6, 6.07) is 14.0. The van der Waals surface area contributed by atoms with Crippen molar-refractivity contribution in [2.75, 3.05) is 20.8 Å². The van der Waals surface area contributed by atoms with E-state index < -0.39 is 12.0 Å². The minimum atomic E-state index is -0.864. The zero-order valence-electron chi connectivity index (χ0n) is 22.6. The van der Waals surface area contributed by atoms with E-state index in [1.807, 2.05) is 0 Å². The van der Waals surface area contributed by atoms with Crippen molar-refractivity contribution in [1.82, 2.24) is 4.57 Å². The van der Waals surface area contributed by atoms with E-state index in [9.17, 15) is 19.7 Å². The van der Waals surface area contributed by atoms with Gasteiger partial charge in [-0.3, -0.25) is 9.36 Å². The molecule has 0 saturated heterocycles. The molecule has 0 saturated carbocycles. The number of esters is 1. The van der Waals surface area contributed by atoms with Gasteiger partial charge in [0.25, 0.3) is 10.5 Å². The number of carbonyl (C=O) groups is 1. The highest BCUT2D eigenvalue weighted by molar-refractivity contribution is 7.07. The van der Waals surface area contributed by atoms with E-state index in [0.29, 0.717) is 49.2 Å². The van der Waals surface area contributed by atoms with Crippen LogP contribution in [0.15, 0.2) is 80.1 Å². The maximum atomic E-state index is 13.9. The first-order valence-corrected chi connectivity index (χ1v) is 13.3. The second-order valence-electron chi connectivity index (χ2n) is 8.94. The number of rotatable bonds is 8. The number of fused-ring (bicyclic) bond motifs is 1. The molecule has 3 heterocycles. The molecule has 0 aliphatic carbocycles. The molecule has 0 bridgehead atoms. The van der Waals surface area contributed by atoms with Crippen LogP contribution in [0, 0.1) is 4.91 Å². The highest BCUT2D eigenvalue weighted by Crippen LogP contribution is 2.37. The Labute approximate surface area is 237 Å². The van der Waals surface area contributed by atoms with Gasteiger partial charge in [0.05, 0.1) is 41.5 Å². The number of nitrogens with zero attached hydrogens (tertiary/aromatic N) is 3. The van der Waals surface area contributed by atoms with Gasteiger partial charge >= 0.3 is 11.7 Å². The SMILES string of the molecule is CCOC(=O)C1=C(C)N=c2s/c(=C\c3ccc(-c4cccc([N+](=O)O)c4)o3)c(=O)n2C1c1ccc(OC)cc1OC. The van der Waals surface area contributed by atoms with Crippen molar-refractivity contribution in [3.05, 3.63) is 102 Å². The Morgan fingerprint density at radius 2 is 1.98 bits per heavy atom. The minimum Gasteiger partial charge on any atom is -0.497 e. The molecule has 2 aromatic heterocycles. The van der Waals surface area contributed by atoms with Crippen LogP contribution < -0.4 is 24.4 Å². The van der Waals surface area contributed by atoms with Crippen LogP contribution >= 0.6 is 11.3 Å². The average Bonchev–Trinajstić information content (AvgIpc) is 3.56. The van der Waals surface area contributed by atoms with E-state index in [4.69, 9.17) is 18.6 Å². The van der Waals surface area contributed by atoms with Crippen LogP contribution in [0.3, 0.4) is 0 Å². The van der Waals surface area contributed by atoms with Gasteiger partial charge in [-0.2, -0.15) is 0 Å². The fourth-order valence-electron chi connectivity index (χ4n) is 4.62. The molecule has 1 atom stereocenters. The van der Waals surface area contributed by atoms with Crippen LogP contribution in [0.4, 0.5) is 5.69 Å². The van der Waals surface area contributed by atoms with Crippen LogP contribution in [0.1, 0.15) is 31.2 Å². The van der Waals surface area contributed by atoms with Gasteiger partial charge in [0, 0.05) is 35.4 Å².